The van der Waals surface area contributed by atoms with Crippen molar-refractivity contribution in [3.63, 3.8) is 0 Å². The highest BCUT2D eigenvalue weighted by atomic mass is 16.6. The zero-order valence-corrected chi connectivity index (χ0v) is 41.0. The van der Waals surface area contributed by atoms with Crippen LogP contribution in [-0.4, -0.2) is 147 Å². The number of hydrogen-bond acceptors (Lipinski definition) is 10. The number of allylic oxidation sites excluding steroid dienone is 4. The summed E-state index contributed by atoms with van der Waals surface area (Å²) in [6, 6.07) is 6.01. The molecule has 2 saturated carbocycles. The average molecular weight is 926 g/mol. The highest BCUT2D eigenvalue weighted by Gasteiger charge is 2.62. The number of fused-ring (bicyclic) bond motifs is 4. The van der Waals surface area contributed by atoms with E-state index in [9.17, 15) is 39.0 Å². The van der Waals surface area contributed by atoms with Gasteiger partial charge < -0.3 is 44.2 Å². The lowest BCUT2D eigenvalue weighted by molar-refractivity contribution is -0.159. The lowest BCUT2D eigenvalue weighted by Crippen LogP contribution is -2.67. The fourth-order valence-electron chi connectivity index (χ4n) is 11.8. The van der Waals surface area contributed by atoms with Gasteiger partial charge in [-0.25, -0.2) is 14.4 Å². The van der Waals surface area contributed by atoms with Crippen LogP contribution in [0.4, 0.5) is 15.3 Å². The molecule has 2 saturated heterocycles. The van der Waals surface area contributed by atoms with E-state index in [1.165, 1.54) is 41.9 Å². The normalized spacial score (nSPS) is 28.6. The van der Waals surface area contributed by atoms with Gasteiger partial charge in [-0.2, -0.15) is 0 Å². The molecular formula is C52H71N5O10. The average Bonchev–Trinajstić information content (AvgIpc) is 3.52. The molecule has 67 heavy (non-hydrogen) atoms. The van der Waals surface area contributed by atoms with Crippen molar-refractivity contribution in [2.45, 2.75) is 148 Å². The second-order valence-corrected chi connectivity index (χ2v) is 21.7. The van der Waals surface area contributed by atoms with E-state index in [2.05, 4.69) is 47.9 Å². The Morgan fingerprint density at radius 1 is 0.851 bits per heavy atom. The Morgan fingerprint density at radius 2 is 1.46 bits per heavy atom. The highest BCUT2D eigenvalue weighted by molar-refractivity contribution is 5.93. The van der Waals surface area contributed by atoms with Gasteiger partial charge in [-0.15, -0.1) is 5.92 Å². The summed E-state index contributed by atoms with van der Waals surface area (Å²) in [6.07, 6.45) is 6.63. The number of hydrogen-bond donors (Lipinski definition) is 2. The molecule has 15 heteroatoms. The Balaban J connectivity index is 1.05. The summed E-state index contributed by atoms with van der Waals surface area (Å²) in [4.78, 5) is 87.3. The van der Waals surface area contributed by atoms with Gasteiger partial charge in [0.25, 0.3) is 0 Å². The summed E-state index contributed by atoms with van der Waals surface area (Å²) in [5, 5.41) is 22.4. The predicted octanol–water partition coefficient (Wildman–Crippen LogP) is 6.54. The molecule has 1 aromatic rings. The van der Waals surface area contributed by atoms with Gasteiger partial charge in [0.05, 0.1) is 13.1 Å². The van der Waals surface area contributed by atoms with E-state index in [0.29, 0.717) is 37.6 Å². The van der Waals surface area contributed by atoms with Gasteiger partial charge in [0.2, 0.25) is 11.8 Å². The molecule has 364 valence electrons. The molecule has 15 nitrogen and oxygen atoms in total. The van der Waals surface area contributed by atoms with Crippen LogP contribution in [0, 0.1) is 29.1 Å². The van der Waals surface area contributed by atoms with Gasteiger partial charge in [-0.1, -0.05) is 30.6 Å². The molecule has 4 fully saturated rings. The molecule has 4 aliphatic carbocycles. The first kappa shape index (κ1) is 49.5. The minimum absolute atomic E-state index is 0.0338. The van der Waals surface area contributed by atoms with Crippen molar-refractivity contribution < 1.29 is 48.5 Å². The Kier molecular flexibility index (Phi) is 14.0. The maximum Gasteiger partial charge on any atom is 0.410 e. The number of carboxylic acids is 1. The van der Waals surface area contributed by atoms with Crippen molar-refractivity contribution in [3.05, 3.63) is 52.6 Å². The topological polar surface area (TPSA) is 178 Å². The first-order valence-electron chi connectivity index (χ1n) is 24.2. The van der Waals surface area contributed by atoms with Gasteiger partial charge in [0.15, 0.2) is 5.78 Å². The van der Waals surface area contributed by atoms with Crippen LogP contribution in [0.3, 0.4) is 0 Å². The molecule has 0 aromatic heterocycles. The SMILES string of the molecule is CC#C[C@]1(O)CC[C@H]2[C@@H]3CCC4=CC(=O)CCC4=C3[C@@H](c3ccc(N(C)CCCC(=O)N4CCN(C(=O)OC(C)(C)C)CC4C(=O)N4CCN(C(=O)OC(C)(C)C)CC4C(=O)O)cc3)C[C@@]21C. The van der Waals surface area contributed by atoms with Crippen LogP contribution in [-0.2, 0) is 28.7 Å². The zero-order chi connectivity index (χ0) is 48.8. The number of ketones is 1. The molecule has 6 aliphatic rings. The number of benzene rings is 1. The van der Waals surface area contributed by atoms with Crippen LogP contribution >= 0.6 is 0 Å². The molecular weight excluding hydrogens is 855 g/mol. The molecule has 7 rings (SSSR count). The second-order valence-electron chi connectivity index (χ2n) is 21.7. The van der Waals surface area contributed by atoms with Crippen LogP contribution in [0.1, 0.15) is 125 Å². The highest BCUT2D eigenvalue weighted by Crippen LogP contribution is 2.66. The molecule has 2 N–H and O–H groups in total. The largest absolute Gasteiger partial charge is 0.480 e. The standard InChI is InChI=1S/C52H71N5O10/c1-10-22-52(65)23-21-40-38-19-15-34-29-36(58)18-20-37(34)44(38)39(30-51(40,52)8)33-13-16-35(17-14-33)53(9)24-11-12-43(59)56-27-25-54(47(63)66-49(2,3)4)31-41(56)45(60)57-28-26-55(32-42(57)46(61)62)48(64)67-50(5,6)7/h13-14,16-17,29,38-42,65H,11-12,15,18-21,23-28,30-32H2,1-9H3,(H,61,62)/t38-,39+,40-,41?,42?,51-,52-/m0/s1. The summed E-state index contributed by atoms with van der Waals surface area (Å²) >= 11 is 0. The van der Waals surface area contributed by atoms with Gasteiger partial charge in [-0.05, 0) is 140 Å². The maximum atomic E-state index is 14.5. The number of amides is 4. The Labute approximate surface area is 395 Å². The molecule has 1 aromatic carbocycles. The lowest BCUT2D eigenvalue weighted by atomic mass is 9.51. The fourth-order valence-corrected chi connectivity index (χ4v) is 11.8. The third-order valence-corrected chi connectivity index (χ3v) is 15.1. The number of nitrogens with zero attached hydrogens (tertiary/aromatic N) is 5. The van der Waals surface area contributed by atoms with Crippen molar-refractivity contribution in [1.29, 1.82) is 0 Å². The number of piperazine rings is 2. The summed E-state index contributed by atoms with van der Waals surface area (Å²) < 4.78 is 11.1. The Hall–Kier alpha value is -5.36. The first-order valence-corrected chi connectivity index (χ1v) is 24.2. The smallest absolute Gasteiger partial charge is 0.410 e. The molecule has 2 aliphatic heterocycles. The Morgan fingerprint density at radius 3 is 2.06 bits per heavy atom. The van der Waals surface area contributed by atoms with E-state index < -0.39 is 52.9 Å². The number of carboxylic acid groups (broad SMARTS) is 1. The molecule has 0 bridgehead atoms. The number of ether oxygens (including phenoxy) is 2. The van der Waals surface area contributed by atoms with Crippen molar-refractivity contribution >= 4 is 41.4 Å². The summed E-state index contributed by atoms with van der Waals surface area (Å²) in [5.74, 6) is 4.98. The predicted molar refractivity (Wildman–Crippen MR) is 252 cm³/mol. The second kappa shape index (κ2) is 19.0. The van der Waals surface area contributed by atoms with Crippen LogP contribution in [0.5, 0.6) is 0 Å². The Bertz CT molecular complexity index is 2260. The number of aliphatic carboxylic acids is 1. The van der Waals surface area contributed by atoms with Crippen molar-refractivity contribution in [3.8, 4) is 11.8 Å². The van der Waals surface area contributed by atoms with Crippen LogP contribution in [0.15, 0.2) is 47.1 Å². The van der Waals surface area contributed by atoms with Crippen LogP contribution in [0.25, 0.3) is 0 Å². The number of rotatable bonds is 8. The third-order valence-electron chi connectivity index (χ3n) is 15.1. The number of aliphatic hydroxyl groups is 1. The van der Waals surface area contributed by atoms with Crippen molar-refractivity contribution in [2.24, 2.45) is 17.3 Å². The molecule has 2 heterocycles. The lowest BCUT2D eigenvalue weighted by Gasteiger charge is -2.53. The van der Waals surface area contributed by atoms with Gasteiger partial charge in [-0.3, -0.25) is 14.4 Å². The first-order chi connectivity index (χ1) is 31.4. The van der Waals surface area contributed by atoms with Gasteiger partial charge >= 0.3 is 18.2 Å². The van der Waals surface area contributed by atoms with Crippen molar-refractivity contribution in [2.75, 3.05) is 57.8 Å². The summed E-state index contributed by atoms with van der Waals surface area (Å²) in [5.41, 5.74) is 3.08. The molecule has 0 spiro atoms. The number of anilines is 1. The van der Waals surface area contributed by atoms with Crippen LogP contribution in [0.2, 0.25) is 0 Å². The minimum Gasteiger partial charge on any atom is -0.480 e. The van der Waals surface area contributed by atoms with E-state index in [-0.39, 0.29) is 68.7 Å². The monoisotopic (exact) mass is 926 g/mol. The third kappa shape index (κ3) is 10.2. The van der Waals surface area contributed by atoms with E-state index in [1.807, 2.05) is 13.1 Å². The maximum absolute atomic E-state index is 14.5. The van der Waals surface area contributed by atoms with E-state index in [4.69, 9.17) is 9.47 Å². The molecule has 0 radical (unpaired) electrons. The van der Waals surface area contributed by atoms with E-state index in [0.717, 1.165) is 37.8 Å². The van der Waals surface area contributed by atoms with Gasteiger partial charge in [0, 0.05) is 69.6 Å². The summed E-state index contributed by atoms with van der Waals surface area (Å²) in [7, 11) is 1.97. The van der Waals surface area contributed by atoms with Crippen molar-refractivity contribution in [1.82, 2.24) is 19.6 Å². The van der Waals surface area contributed by atoms with E-state index in [1.54, 1.807) is 48.5 Å². The summed E-state index contributed by atoms with van der Waals surface area (Å²) in [6.45, 7) is 14.6. The zero-order valence-electron chi connectivity index (χ0n) is 41.0. The minimum atomic E-state index is -1.39. The van der Waals surface area contributed by atoms with Gasteiger partial charge in [0.1, 0.15) is 28.9 Å². The van der Waals surface area contributed by atoms with E-state index >= 15 is 0 Å². The van der Waals surface area contributed by atoms with Crippen LogP contribution < -0.4 is 4.90 Å². The molecule has 4 amide bonds. The molecule has 7 atom stereocenters. The number of carbonyl (C=O) groups excluding carboxylic acids is 5. The molecule has 2 unspecified atom stereocenters. The number of carbonyl (C=O) groups is 6. The fraction of sp³-hybridized carbons (Fsp3) is 0.654. The quantitative estimate of drug-likeness (QED) is 0.271.